The molecule has 0 aliphatic heterocycles. The number of carbonyl (C=O) groups is 1. The van der Waals surface area contributed by atoms with E-state index in [0.717, 1.165) is 6.08 Å². The highest BCUT2D eigenvalue weighted by Gasteiger charge is 2.30. The van der Waals surface area contributed by atoms with Crippen LogP contribution in [0.25, 0.3) is 0 Å². The molecule has 2 aromatic carbocycles. The average Bonchev–Trinajstić information content (AvgIpc) is 2.54. The topological polar surface area (TPSA) is 61.8 Å². The molecular formula is C16H15O5P. The SMILES string of the molecule is C=CC(=O)OCP(=O)(Oc1ccccc1)Oc1ccccc1. The summed E-state index contributed by atoms with van der Waals surface area (Å²) >= 11 is 0. The van der Waals surface area contributed by atoms with Crippen LogP contribution < -0.4 is 9.05 Å². The van der Waals surface area contributed by atoms with Crippen LogP contribution in [0.15, 0.2) is 73.3 Å². The number of rotatable bonds is 7. The first-order valence-corrected chi connectivity index (χ1v) is 8.22. The molecule has 0 saturated heterocycles. The number of benzene rings is 2. The zero-order valence-electron chi connectivity index (χ0n) is 11.8. The highest BCUT2D eigenvalue weighted by molar-refractivity contribution is 7.54. The van der Waals surface area contributed by atoms with Crippen molar-refractivity contribution in [2.24, 2.45) is 0 Å². The number of ether oxygens (including phenoxy) is 1. The summed E-state index contributed by atoms with van der Waals surface area (Å²) in [6.07, 6.45) is 0.469. The van der Waals surface area contributed by atoms with E-state index in [0.29, 0.717) is 11.5 Å². The Labute approximate surface area is 128 Å². The lowest BCUT2D eigenvalue weighted by molar-refractivity contribution is -0.136. The molecule has 0 fully saturated rings. The van der Waals surface area contributed by atoms with Gasteiger partial charge in [-0.05, 0) is 24.3 Å². The van der Waals surface area contributed by atoms with Crippen molar-refractivity contribution in [3.63, 3.8) is 0 Å². The van der Waals surface area contributed by atoms with Gasteiger partial charge in [-0.2, -0.15) is 0 Å². The molecule has 0 aliphatic rings. The average molecular weight is 318 g/mol. The molecule has 0 N–H and O–H groups in total. The molecule has 22 heavy (non-hydrogen) atoms. The van der Waals surface area contributed by atoms with Gasteiger partial charge in [0.1, 0.15) is 11.5 Å². The second-order valence-electron chi connectivity index (χ2n) is 4.22. The van der Waals surface area contributed by atoms with Crippen LogP contribution in [-0.4, -0.2) is 12.3 Å². The molecule has 0 aliphatic carbocycles. The summed E-state index contributed by atoms with van der Waals surface area (Å²) in [6, 6.07) is 17.1. The minimum absolute atomic E-state index is 0.358. The van der Waals surface area contributed by atoms with Crippen LogP contribution in [0.3, 0.4) is 0 Å². The van der Waals surface area contributed by atoms with Crippen LogP contribution in [0.5, 0.6) is 11.5 Å². The molecular weight excluding hydrogens is 303 g/mol. The molecule has 0 atom stereocenters. The van der Waals surface area contributed by atoms with Gasteiger partial charge in [0.25, 0.3) is 0 Å². The van der Waals surface area contributed by atoms with Gasteiger partial charge >= 0.3 is 13.6 Å². The minimum Gasteiger partial charge on any atom is -0.447 e. The number of para-hydroxylation sites is 2. The van der Waals surface area contributed by atoms with E-state index in [1.165, 1.54) is 0 Å². The third-order valence-corrected chi connectivity index (χ3v) is 3.93. The Hall–Kier alpha value is -2.52. The van der Waals surface area contributed by atoms with Crippen molar-refractivity contribution >= 4 is 13.6 Å². The Kier molecular flexibility index (Phi) is 5.39. The zero-order valence-corrected chi connectivity index (χ0v) is 12.6. The van der Waals surface area contributed by atoms with Gasteiger partial charge in [0.2, 0.25) is 6.35 Å². The Morgan fingerprint density at radius 3 is 1.82 bits per heavy atom. The molecule has 0 unspecified atom stereocenters. The zero-order chi connectivity index (χ0) is 15.8. The number of esters is 1. The molecule has 0 bridgehead atoms. The Bertz CT molecular complexity index is 624. The predicted molar refractivity (Wildman–Crippen MR) is 82.9 cm³/mol. The smallest absolute Gasteiger partial charge is 0.447 e. The molecule has 2 rings (SSSR count). The van der Waals surface area contributed by atoms with Gasteiger partial charge in [0.05, 0.1) is 0 Å². The van der Waals surface area contributed by atoms with E-state index in [4.69, 9.17) is 13.8 Å². The molecule has 6 heteroatoms. The van der Waals surface area contributed by atoms with Crippen LogP contribution in [0, 0.1) is 0 Å². The van der Waals surface area contributed by atoms with Gasteiger partial charge in [-0.1, -0.05) is 43.0 Å². The normalized spacial score (nSPS) is 10.5. The molecule has 0 heterocycles. The first-order valence-electron chi connectivity index (χ1n) is 6.49. The molecule has 0 saturated carbocycles. The fraction of sp³-hybridized carbons (Fsp3) is 0.0625. The number of carbonyl (C=O) groups excluding carboxylic acids is 1. The monoisotopic (exact) mass is 318 g/mol. The molecule has 2 aromatic rings. The van der Waals surface area contributed by atoms with Crippen molar-refractivity contribution in [3.8, 4) is 11.5 Å². The van der Waals surface area contributed by atoms with Crippen LogP contribution in [0.4, 0.5) is 0 Å². The number of hydrogen-bond acceptors (Lipinski definition) is 5. The Balaban J connectivity index is 2.17. The van der Waals surface area contributed by atoms with Gasteiger partial charge in [-0.25, -0.2) is 9.36 Å². The van der Waals surface area contributed by atoms with E-state index in [9.17, 15) is 9.36 Å². The summed E-state index contributed by atoms with van der Waals surface area (Å²) < 4.78 is 28.5. The van der Waals surface area contributed by atoms with Crippen LogP contribution in [0.1, 0.15) is 0 Å². The van der Waals surface area contributed by atoms with Gasteiger partial charge < -0.3 is 13.8 Å². The van der Waals surface area contributed by atoms with Crippen molar-refractivity contribution in [1.29, 1.82) is 0 Å². The fourth-order valence-corrected chi connectivity index (χ4v) is 2.87. The third-order valence-electron chi connectivity index (χ3n) is 2.51. The van der Waals surface area contributed by atoms with E-state index >= 15 is 0 Å². The van der Waals surface area contributed by atoms with Gasteiger partial charge in [-0.3, -0.25) is 0 Å². The molecule has 0 aromatic heterocycles. The van der Waals surface area contributed by atoms with Gasteiger partial charge in [0.15, 0.2) is 0 Å². The minimum atomic E-state index is -3.72. The van der Waals surface area contributed by atoms with Crippen LogP contribution in [-0.2, 0) is 14.1 Å². The summed E-state index contributed by atoms with van der Waals surface area (Å²) in [6.45, 7) is 3.28. The fourth-order valence-electron chi connectivity index (χ4n) is 1.56. The maximum Gasteiger partial charge on any atom is 0.468 e. The van der Waals surface area contributed by atoms with Crippen molar-refractivity contribution in [2.45, 2.75) is 0 Å². The Morgan fingerprint density at radius 2 is 1.41 bits per heavy atom. The summed E-state index contributed by atoms with van der Waals surface area (Å²) in [5.74, 6) is 0.0152. The van der Waals surface area contributed by atoms with Crippen LogP contribution >= 0.6 is 7.60 Å². The second-order valence-corrected chi connectivity index (χ2v) is 6.06. The first kappa shape index (κ1) is 15.9. The molecule has 0 spiro atoms. The predicted octanol–water partition coefficient (Wildman–Crippen LogP) is 4.02. The lowest BCUT2D eigenvalue weighted by atomic mass is 10.3. The largest absolute Gasteiger partial charge is 0.468 e. The van der Waals surface area contributed by atoms with Gasteiger partial charge in [-0.15, -0.1) is 0 Å². The van der Waals surface area contributed by atoms with Crippen LogP contribution in [0.2, 0.25) is 0 Å². The highest BCUT2D eigenvalue weighted by atomic mass is 31.2. The Morgan fingerprint density at radius 1 is 0.955 bits per heavy atom. The van der Waals surface area contributed by atoms with E-state index in [2.05, 4.69) is 6.58 Å². The van der Waals surface area contributed by atoms with Crippen molar-refractivity contribution in [3.05, 3.63) is 73.3 Å². The maximum absolute atomic E-state index is 12.8. The lowest BCUT2D eigenvalue weighted by Gasteiger charge is -2.19. The summed E-state index contributed by atoms with van der Waals surface area (Å²) in [4.78, 5) is 11.2. The third kappa shape index (κ3) is 4.79. The lowest BCUT2D eigenvalue weighted by Crippen LogP contribution is -2.10. The van der Waals surface area contributed by atoms with E-state index in [1.54, 1.807) is 60.7 Å². The molecule has 0 amide bonds. The van der Waals surface area contributed by atoms with E-state index in [-0.39, 0.29) is 0 Å². The van der Waals surface area contributed by atoms with Crippen molar-refractivity contribution in [2.75, 3.05) is 6.35 Å². The molecule has 5 nitrogen and oxygen atoms in total. The van der Waals surface area contributed by atoms with Crippen molar-refractivity contribution < 1.29 is 23.1 Å². The quantitative estimate of drug-likeness (QED) is 0.438. The summed E-state index contributed by atoms with van der Waals surface area (Å²) in [7, 11) is -3.72. The first-order chi connectivity index (χ1) is 10.6. The number of hydrogen-bond donors (Lipinski definition) is 0. The second kappa shape index (κ2) is 7.48. The highest BCUT2D eigenvalue weighted by Crippen LogP contribution is 2.48. The molecule has 0 radical (unpaired) electrons. The standard InChI is InChI=1S/C16H15O5P/c1-2-16(17)19-13-22(18,20-14-9-5-3-6-10-14)21-15-11-7-4-8-12-15/h2-12H,1,13H2. The maximum atomic E-state index is 12.8. The van der Waals surface area contributed by atoms with Crippen molar-refractivity contribution in [1.82, 2.24) is 0 Å². The summed E-state index contributed by atoms with van der Waals surface area (Å²) in [5.41, 5.74) is 0. The summed E-state index contributed by atoms with van der Waals surface area (Å²) in [5, 5.41) is 0. The van der Waals surface area contributed by atoms with Gasteiger partial charge in [0, 0.05) is 6.08 Å². The molecule has 114 valence electrons. The van der Waals surface area contributed by atoms with E-state index < -0.39 is 19.9 Å². The van der Waals surface area contributed by atoms with E-state index in [1.807, 2.05) is 0 Å².